The largest absolute Gasteiger partial charge is 0.391 e. The maximum Gasteiger partial charge on any atom is 0.183 e. The molecule has 2 aromatic rings. The van der Waals surface area contributed by atoms with Crippen LogP contribution in [0.1, 0.15) is 5.56 Å². The summed E-state index contributed by atoms with van der Waals surface area (Å²) in [7, 11) is -3.48. The molecule has 4 nitrogen and oxygen atoms in total. The molecule has 2 aromatic carbocycles. The van der Waals surface area contributed by atoms with E-state index in [1.807, 2.05) is 0 Å². The van der Waals surface area contributed by atoms with Crippen molar-refractivity contribution in [1.29, 1.82) is 0 Å². The van der Waals surface area contributed by atoms with Crippen molar-refractivity contribution in [3.05, 3.63) is 63.1 Å². The van der Waals surface area contributed by atoms with Gasteiger partial charge in [0.25, 0.3) is 0 Å². The summed E-state index contributed by atoms with van der Waals surface area (Å²) in [5.41, 5.74) is 0.591. The van der Waals surface area contributed by atoms with Crippen LogP contribution in [0, 0.1) is 0 Å². The maximum atomic E-state index is 12.1. The van der Waals surface area contributed by atoms with Crippen molar-refractivity contribution in [2.45, 2.75) is 11.5 Å². The number of hydrogen-bond acceptors (Lipinski definition) is 4. The molecule has 0 radical (unpaired) electrons. The molecule has 0 bridgehead atoms. The van der Waals surface area contributed by atoms with E-state index in [0.717, 1.165) is 0 Å². The third-order valence-corrected chi connectivity index (χ3v) is 5.42. The molecule has 122 valence electrons. The lowest BCUT2D eigenvalue weighted by Crippen LogP contribution is -2.07. The summed E-state index contributed by atoms with van der Waals surface area (Å²) in [4.78, 5) is 5.22. The van der Waals surface area contributed by atoms with E-state index in [0.29, 0.717) is 20.6 Å². The third-order valence-electron chi connectivity index (χ3n) is 2.89. The highest BCUT2D eigenvalue weighted by molar-refractivity contribution is 7.92. The second-order valence-corrected chi connectivity index (χ2v) is 7.78. The van der Waals surface area contributed by atoms with Crippen LogP contribution in [-0.4, -0.2) is 20.4 Å². The zero-order valence-corrected chi connectivity index (χ0v) is 14.8. The molecule has 0 amide bonds. The van der Waals surface area contributed by atoms with Gasteiger partial charge >= 0.3 is 0 Å². The van der Waals surface area contributed by atoms with Crippen LogP contribution in [0.2, 0.25) is 15.1 Å². The smallest absolute Gasteiger partial charge is 0.183 e. The monoisotopic (exact) mass is 391 g/mol. The lowest BCUT2D eigenvalue weighted by atomic mass is 10.2. The summed E-state index contributed by atoms with van der Waals surface area (Å²) in [5, 5.41) is 5.02. The van der Waals surface area contributed by atoms with E-state index in [9.17, 15) is 8.42 Å². The van der Waals surface area contributed by atoms with Crippen LogP contribution in [0.3, 0.4) is 0 Å². The summed E-state index contributed by atoms with van der Waals surface area (Å²) in [6.07, 6.45) is 1.18. The second kappa shape index (κ2) is 8.02. The predicted molar refractivity (Wildman–Crippen MR) is 93.2 cm³/mol. The first-order valence-electron chi connectivity index (χ1n) is 6.45. The van der Waals surface area contributed by atoms with E-state index in [1.54, 1.807) is 18.2 Å². The fraction of sp³-hybridized carbons (Fsp3) is 0.133. The Morgan fingerprint density at radius 3 is 2.22 bits per heavy atom. The minimum absolute atomic E-state index is 0.0516. The molecule has 0 unspecified atom stereocenters. The van der Waals surface area contributed by atoms with Gasteiger partial charge in [-0.05, 0) is 36.4 Å². The normalized spacial score (nSPS) is 11.8. The highest BCUT2D eigenvalue weighted by Gasteiger charge is 2.12. The Balaban J connectivity index is 1.93. The molecule has 0 saturated heterocycles. The van der Waals surface area contributed by atoms with Crippen molar-refractivity contribution in [1.82, 2.24) is 0 Å². The number of benzene rings is 2. The fourth-order valence-electron chi connectivity index (χ4n) is 1.69. The Labute approximate surface area is 149 Å². The molecule has 2 rings (SSSR count). The molecule has 0 spiro atoms. The van der Waals surface area contributed by atoms with Crippen LogP contribution in [0.25, 0.3) is 0 Å². The van der Waals surface area contributed by atoms with Gasteiger partial charge in [-0.3, -0.25) is 0 Å². The van der Waals surface area contributed by atoms with E-state index in [4.69, 9.17) is 39.6 Å². The minimum atomic E-state index is -3.48. The molecule has 0 saturated carbocycles. The standard InChI is InChI=1S/C15H12Cl3NO3S/c16-11-4-6-12(7-5-11)23(20,21)9-8-19-22-10-13-14(17)2-1-3-15(13)18/h1-8H,9-10H2/b19-8-. The fourth-order valence-corrected chi connectivity index (χ4v) is 3.32. The average Bonchev–Trinajstić information content (AvgIpc) is 2.50. The van der Waals surface area contributed by atoms with Gasteiger partial charge in [-0.2, -0.15) is 0 Å². The van der Waals surface area contributed by atoms with Gasteiger partial charge in [0.2, 0.25) is 0 Å². The molecule has 23 heavy (non-hydrogen) atoms. The zero-order chi connectivity index (χ0) is 16.9. The van der Waals surface area contributed by atoms with Crippen LogP contribution >= 0.6 is 34.8 Å². The van der Waals surface area contributed by atoms with E-state index in [1.165, 1.54) is 30.5 Å². The lowest BCUT2D eigenvalue weighted by molar-refractivity contribution is 0.132. The van der Waals surface area contributed by atoms with Gasteiger partial charge < -0.3 is 4.84 Å². The third kappa shape index (κ3) is 5.11. The van der Waals surface area contributed by atoms with E-state index < -0.39 is 9.84 Å². The highest BCUT2D eigenvalue weighted by atomic mass is 35.5. The molecular formula is C15H12Cl3NO3S. The van der Waals surface area contributed by atoms with Crippen molar-refractivity contribution in [2.24, 2.45) is 5.16 Å². The number of oxime groups is 1. The molecule has 0 heterocycles. The quantitative estimate of drug-likeness (QED) is 0.532. The van der Waals surface area contributed by atoms with Gasteiger partial charge in [0, 0.05) is 20.6 Å². The molecule has 0 aliphatic heterocycles. The second-order valence-electron chi connectivity index (χ2n) is 4.50. The SMILES string of the molecule is O=S(=O)(C/C=N\OCc1c(Cl)cccc1Cl)c1ccc(Cl)cc1. The van der Waals surface area contributed by atoms with Gasteiger partial charge in [0.1, 0.15) is 6.61 Å². The summed E-state index contributed by atoms with van der Waals surface area (Å²) in [6.45, 7) is 0.0516. The Morgan fingerprint density at radius 1 is 1.00 bits per heavy atom. The van der Waals surface area contributed by atoms with Crippen molar-refractivity contribution in [2.75, 3.05) is 5.75 Å². The Bertz CT molecular complexity index is 785. The number of hydrogen-bond donors (Lipinski definition) is 0. The molecule has 0 aromatic heterocycles. The van der Waals surface area contributed by atoms with Gasteiger partial charge in [-0.1, -0.05) is 46.0 Å². The van der Waals surface area contributed by atoms with Crippen molar-refractivity contribution < 1.29 is 13.3 Å². The van der Waals surface area contributed by atoms with Gasteiger partial charge in [0.15, 0.2) is 9.84 Å². The summed E-state index contributed by atoms with van der Waals surface area (Å²) in [5.74, 6) is -0.287. The molecule has 0 fully saturated rings. The minimum Gasteiger partial charge on any atom is -0.391 e. The number of nitrogens with zero attached hydrogens (tertiary/aromatic N) is 1. The van der Waals surface area contributed by atoms with E-state index >= 15 is 0 Å². The maximum absolute atomic E-state index is 12.1. The first-order valence-corrected chi connectivity index (χ1v) is 9.24. The number of sulfone groups is 1. The summed E-state index contributed by atoms with van der Waals surface area (Å²) in [6, 6.07) is 11.0. The Morgan fingerprint density at radius 2 is 1.61 bits per heavy atom. The van der Waals surface area contributed by atoms with E-state index in [-0.39, 0.29) is 17.3 Å². The van der Waals surface area contributed by atoms with Crippen molar-refractivity contribution >= 4 is 50.9 Å². The molecular weight excluding hydrogens is 381 g/mol. The zero-order valence-electron chi connectivity index (χ0n) is 11.7. The summed E-state index contributed by atoms with van der Waals surface area (Å²) < 4.78 is 24.1. The molecule has 0 atom stereocenters. The van der Waals surface area contributed by atoms with Crippen molar-refractivity contribution in [3.63, 3.8) is 0 Å². The average molecular weight is 393 g/mol. The molecule has 0 N–H and O–H groups in total. The lowest BCUT2D eigenvalue weighted by Gasteiger charge is -2.05. The molecule has 0 aliphatic carbocycles. The summed E-state index contributed by atoms with van der Waals surface area (Å²) >= 11 is 17.7. The first kappa shape index (κ1) is 18.1. The van der Waals surface area contributed by atoms with Crippen LogP contribution in [0.5, 0.6) is 0 Å². The first-order chi connectivity index (χ1) is 10.9. The van der Waals surface area contributed by atoms with Gasteiger partial charge in [-0.15, -0.1) is 0 Å². The predicted octanol–water partition coefficient (Wildman–Crippen LogP) is 4.62. The van der Waals surface area contributed by atoms with Crippen LogP contribution in [-0.2, 0) is 21.3 Å². The van der Waals surface area contributed by atoms with E-state index in [2.05, 4.69) is 5.16 Å². The Hall–Kier alpha value is -1.27. The van der Waals surface area contributed by atoms with Crippen molar-refractivity contribution in [3.8, 4) is 0 Å². The van der Waals surface area contributed by atoms with Crippen LogP contribution < -0.4 is 0 Å². The topological polar surface area (TPSA) is 55.7 Å². The number of halogens is 3. The Kier molecular flexibility index (Phi) is 6.30. The van der Waals surface area contributed by atoms with Crippen LogP contribution in [0.15, 0.2) is 52.5 Å². The number of rotatable bonds is 6. The van der Waals surface area contributed by atoms with Gasteiger partial charge in [-0.25, -0.2) is 8.42 Å². The highest BCUT2D eigenvalue weighted by Crippen LogP contribution is 2.24. The molecule has 8 heteroatoms. The van der Waals surface area contributed by atoms with Gasteiger partial charge in [0.05, 0.1) is 16.9 Å². The van der Waals surface area contributed by atoms with Crippen LogP contribution in [0.4, 0.5) is 0 Å². The molecule has 0 aliphatic rings.